The molecule has 0 unspecified atom stereocenters. The Kier molecular flexibility index (Phi) is 4.65. The van der Waals surface area contributed by atoms with Crippen LogP contribution in [-0.2, 0) is 20.7 Å². The number of carbonyl (C=O) groups is 2. The fourth-order valence-corrected chi connectivity index (χ4v) is 4.00. The molecule has 0 aliphatic carbocycles. The van der Waals surface area contributed by atoms with Gasteiger partial charge in [-0.3, -0.25) is 9.59 Å². The summed E-state index contributed by atoms with van der Waals surface area (Å²) in [4.78, 5) is 30.5. The maximum atomic E-state index is 12.7. The summed E-state index contributed by atoms with van der Waals surface area (Å²) >= 11 is 5.88. The molecular weight excluding hydrogens is 372 g/mol. The van der Waals surface area contributed by atoms with E-state index in [2.05, 4.69) is 4.98 Å². The lowest BCUT2D eigenvalue weighted by Crippen LogP contribution is -2.45. The Bertz CT molecular complexity index is 865. The lowest BCUT2D eigenvalue weighted by atomic mass is 9.74. The van der Waals surface area contributed by atoms with Crippen LogP contribution in [0.2, 0.25) is 5.02 Å². The van der Waals surface area contributed by atoms with Crippen molar-refractivity contribution < 1.29 is 23.8 Å². The fraction of sp³-hybridized carbons (Fsp3) is 0.421. The molecule has 4 rings (SSSR count). The van der Waals surface area contributed by atoms with E-state index in [1.54, 1.807) is 29.2 Å². The summed E-state index contributed by atoms with van der Waals surface area (Å²) in [6.45, 7) is 1.41. The Balaban J connectivity index is 1.45. The summed E-state index contributed by atoms with van der Waals surface area (Å²) in [7, 11) is 0. The molecule has 2 fully saturated rings. The van der Waals surface area contributed by atoms with Crippen molar-refractivity contribution in [2.75, 3.05) is 26.3 Å². The standard InChI is InChI=1S/C19H19ClN2O5/c20-14-3-1-12(2-4-14)17-21-15(10-27-17)7-16(23)22-8-13-9-26-6-5-19(13,11-22)18(24)25/h1-4,10,13H,5-9,11H2,(H,24,25)/t13-,19+/m0/s1. The number of amides is 1. The molecule has 2 atom stereocenters. The lowest BCUT2D eigenvalue weighted by Gasteiger charge is -2.33. The van der Waals surface area contributed by atoms with E-state index in [-0.39, 0.29) is 24.8 Å². The predicted octanol–water partition coefficient (Wildman–Crippen LogP) is 2.49. The highest BCUT2D eigenvalue weighted by Gasteiger charge is 2.54. The second kappa shape index (κ2) is 6.98. The Morgan fingerprint density at radius 2 is 2.11 bits per heavy atom. The normalized spacial score (nSPS) is 24.6. The molecule has 3 heterocycles. The summed E-state index contributed by atoms with van der Waals surface area (Å²) in [5.41, 5.74) is 0.388. The molecule has 7 nitrogen and oxygen atoms in total. The Morgan fingerprint density at radius 1 is 1.33 bits per heavy atom. The van der Waals surface area contributed by atoms with Gasteiger partial charge < -0.3 is 19.2 Å². The van der Waals surface area contributed by atoms with E-state index in [1.165, 1.54) is 6.26 Å². The number of benzene rings is 1. The number of nitrogens with zero attached hydrogens (tertiary/aromatic N) is 2. The number of carboxylic acids is 1. The van der Waals surface area contributed by atoms with Crippen molar-refractivity contribution in [1.29, 1.82) is 0 Å². The van der Waals surface area contributed by atoms with Gasteiger partial charge in [0.25, 0.3) is 0 Å². The van der Waals surface area contributed by atoms with E-state index in [1.807, 2.05) is 0 Å². The van der Waals surface area contributed by atoms with Crippen molar-refractivity contribution in [1.82, 2.24) is 9.88 Å². The third kappa shape index (κ3) is 3.33. The highest BCUT2D eigenvalue weighted by Crippen LogP contribution is 2.42. The monoisotopic (exact) mass is 390 g/mol. The maximum absolute atomic E-state index is 12.7. The minimum absolute atomic E-state index is 0.0698. The largest absolute Gasteiger partial charge is 0.481 e. The zero-order valence-electron chi connectivity index (χ0n) is 14.6. The molecule has 1 aromatic heterocycles. The number of hydrogen-bond donors (Lipinski definition) is 1. The molecule has 142 valence electrons. The van der Waals surface area contributed by atoms with Gasteiger partial charge in [-0.15, -0.1) is 0 Å². The number of oxazole rings is 1. The first-order valence-corrected chi connectivity index (χ1v) is 9.15. The second-order valence-electron chi connectivity index (χ2n) is 7.09. The molecule has 27 heavy (non-hydrogen) atoms. The molecule has 0 bridgehead atoms. The first-order valence-electron chi connectivity index (χ1n) is 8.77. The predicted molar refractivity (Wildman–Crippen MR) is 96.2 cm³/mol. The maximum Gasteiger partial charge on any atom is 0.311 e. The molecule has 0 saturated carbocycles. The van der Waals surface area contributed by atoms with Gasteiger partial charge in [0.2, 0.25) is 11.8 Å². The SMILES string of the molecule is O=C(Cc1coc(-c2ccc(Cl)cc2)n1)N1C[C@H]2COCC[C@@]2(C(=O)O)C1. The van der Waals surface area contributed by atoms with Gasteiger partial charge >= 0.3 is 5.97 Å². The molecule has 1 N–H and O–H groups in total. The highest BCUT2D eigenvalue weighted by molar-refractivity contribution is 6.30. The lowest BCUT2D eigenvalue weighted by molar-refractivity contribution is -0.157. The average molecular weight is 391 g/mol. The van der Waals surface area contributed by atoms with Gasteiger partial charge in [-0.1, -0.05) is 11.6 Å². The van der Waals surface area contributed by atoms with E-state index in [0.29, 0.717) is 42.8 Å². The summed E-state index contributed by atoms with van der Waals surface area (Å²) in [5.74, 6) is -0.756. The van der Waals surface area contributed by atoms with Crippen LogP contribution in [0.25, 0.3) is 11.5 Å². The zero-order valence-corrected chi connectivity index (χ0v) is 15.3. The van der Waals surface area contributed by atoms with Crippen LogP contribution >= 0.6 is 11.6 Å². The fourth-order valence-electron chi connectivity index (χ4n) is 3.87. The Morgan fingerprint density at radius 3 is 2.81 bits per heavy atom. The van der Waals surface area contributed by atoms with Crippen molar-refractivity contribution in [3.63, 3.8) is 0 Å². The topological polar surface area (TPSA) is 92.9 Å². The summed E-state index contributed by atoms with van der Waals surface area (Å²) < 4.78 is 10.9. The van der Waals surface area contributed by atoms with Crippen molar-refractivity contribution in [3.8, 4) is 11.5 Å². The highest BCUT2D eigenvalue weighted by atomic mass is 35.5. The van der Waals surface area contributed by atoms with Crippen LogP contribution in [0.1, 0.15) is 12.1 Å². The molecule has 2 aliphatic heterocycles. The van der Waals surface area contributed by atoms with Gasteiger partial charge in [0.1, 0.15) is 6.26 Å². The Labute approximate surface area is 160 Å². The van der Waals surface area contributed by atoms with Gasteiger partial charge in [-0.25, -0.2) is 4.98 Å². The number of fused-ring (bicyclic) bond motifs is 1. The summed E-state index contributed by atoms with van der Waals surface area (Å²) in [5, 5.41) is 10.3. The Hall–Kier alpha value is -2.38. The van der Waals surface area contributed by atoms with Crippen LogP contribution < -0.4 is 0 Å². The molecule has 2 aromatic rings. The average Bonchev–Trinajstić information content (AvgIpc) is 3.27. The van der Waals surface area contributed by atoms with E-state index in [0.717, 1.165) is 5.56 Å². The van der Waals surface area contributed by atoms with E-state index < -0.39 is 11.4 Å². The third-order valence-electron chi connectivity index (χ3n) is 5.46. The number of carbonyl (C=O) groups excluding carboxylic acids is 1. The molecule has 1 amide bonds. The number of likely N-dealkylation sites (tertiary alicyclic amines) is 1. The van der Waals surface area contributed by atoms with Gasteiger partial charge in [-0.2, -0.15) is 0 Å². The van der Waals surface area contributed by atoms with Crippen LogP contribution in [0, 0.1) is 11.3 Å². The molecule has 2 aliphatic rings. The van der Waals surface area contributed by atoms with E-state index in [9.17, 15) is 14.7 Å². The quantitative estimate of drug-likeness (QED) is 0.862. The number of hydrogen-bond acceptors (Lipinski definition) is 5. The smallest absolute Gasteiger partial charge is 0.311 e. The van der Waals surface area contributed by atoms with Crippen molar-refractivity contribution in [2.45, 2.75) is 12.8 Å². The number of carboxylic acid groups (broad SMARTS) is 1. The van der Waals surface area contributed by atoms with Gasteiger partial charge in [0.15, 0.2) is 0 Å². The van der Waals surface area contributed by atoms with Crippen molar-refractivity contribution >= 4 is 23.5 Å². The van der Waals surface area contributed by atoms with Gasteiger partial charge in [0.05, 0.1) is 24.1 Å². The number of aliphatic carboxylic acids is 1. The molecule has 2 saturated heterocycles. The number of ether oxygens (including phenoxy) is 1. The zero-order chi connectivity index (χ0) is 19.0. The van der Waals surface area contributed by atoms with Crippen molar-refractivity contribution in [2.24, 2.45) is 11.3 Å². The molecular formula is C19H19ClN2O5. The number of aromatic nitrogens is 1. The van der Waals surface area contributed by atoms with Crippen LogP contribution in [-0.4, -0.2) is 53.2 Å². The van der Waals surface area contributed by atoms with Gasteiger partial charge in [-0.05, 0) is 30.7 Å². The molecule has 1 aromatic carbocycles. The van der Waals surface area contributed by atoms with Crippen LogP contribution in [0.3, 0.4) is 0 Å². The van der Waals surface area contributed by atoms with Crippen LogP contribution in [0.15, 0.2) is 34.9 Å². The second-order valence-corrected chi connectivity index (χ2v) is 7.52. The third-order valence-corrected chi connectivity index (χ3v) is 5.71. The summed E-state index contributed by atoms with van der Waals surface area (Å²) in [6.07, 6.45) is 1.96. The van der Waals surface area contributed by atoms with Gasteiger partial charge in [0, 0.05) is 36.2 Å². The van der Waals surface area contributed by atoms with E-state index >= 15 is 0 Å². The van der Waals surface area contributed by atoms with Crippen LogP contribution in [0.5, 0.6) is 0 Å². The first kappa shape index (κ1) is 18.0. The molecule has 8 heteroatoms. The van der Waals surface area contributed by atoms with Crippen LogP contribution in [0.4, 0.5) is 0 Å². The number of halogens is 1. The molecule has 0 radical (unpaired) electrons. The summed E-state index contributed by atoms with van der Waals surface area (Å²) in [6, 6.07) is 7.07. The van der Waals surface area contributed by atoms with Crippen molar-refractivity contribution in [3.05, 3.63) is 41.2 Å². The molecule has 0 spiro atoms. The minimum atomic E-state index is -0.897. The van der Waals surface area contributed by atoms with E-state index in [4.69, 9.17) is 20.8 Å². The first-order chi connectivity index (χ1) is 13.0. The number of rotatable bonds is 4. The minimum Gasteiger partial charge on any atom is -0.481 e.